The predicted octanol–water partition coefficient (Wildman–Crippen LogP) is 2.03. The Labute approximate surface area is 212 Å². The van der Waals surface area contributed by atoms with E-state index in [0.717, 1.165) is 37.7 Å². The lowest BCUT2D eigenvalue weighted by Gasteiger charge is -2.38. The van der Waals surface area contributed by atoms with Gasteiger partial charge >= 0.3 is 0 Å². The molecule has 33 heavy (non-hydrogen) atoms. The number of amides is 2. The van der Waals surface area contributed by atoms with Gasteiger partial charge in [-0.05, 0) is 48.7 Å². The molecule has 0 atom stereocenters. The van der Waals surface area contributed by atoms with Crippen LogP contribution in [0.15, 0.2) is 47.5 Å². The topological polar surface area (TPSA) is 103 Å². The molecule has 1 heterocycles. The van der Waals surface area contributed by atoms with Crippen LogP contribution in [0.4, 0.5) is 5.69 Å². The van der Waals surface area contributed by atoms with Gasteiger partial charge in [0, 0.05) is 51.0 Å². The Bertz CT molecular complexity index is 985. The molecule has 2 amide bonds. The number of halogens is 1. The highest BCUT2D eigenvalue weighted by Gasteiger charge is 2.21. The molecule has 2 aromatic rings. The number of benzene rings is 2. The molecule has 0 bridgehead atoms. The number of hydrogen-bond acceptors (Lipinski definition) is 4. The molecule has 2 aromatic carbocycles. The zero-order valence-electron chi connectivity index (χ0n) is 19.4. The van der Waals surface area contributed by atoms with Gasteiger partial charge in [0.2, 0.25) is 5.91 Å². The number of nitrogens with zero attached hydrogens (tertiary/aromatic N) is 3. The molecule has 0 saturated carbocycles. The fourth-order valence-electron chi connectivity index (χ4n) is 3.79. The van der Waals surface area contributed by atoms with Gasteiger partial charge in [0.25, 0.3) is 5.91 Å². The second-order valence-electron chi connectivity index (χ2n) is 7.94. The zero-order valence-corrected chi connectivity index (χ0v) is 21.8. The van der Waals surface area contributed by atoms with Crippen LogP contribution in [0.25, 0.3) is 0 Å². The first-order valence-corrected chi connectivity index (χ1v) is 10.8. The average Bonchev–Trinajstić information content (AvgIpc) is 2.80. The third-order valence-corrected chi connectivity index (χ3v) is 5.80. The quantitative estimate of drug-likeness (QED) is 0.283. The van der Waals surface area contributed by atoms with Crippen LogP contribution < -0.4 is 21.3 Å². The minimum Gasteiger partial charge on any atom is -0.368 e. The Morgan fingerprint density at radius 1 is 1.00 bits per heavy atom. The number of aliphatic imine (C=N–C) groups is 1. The Morgan fingerprint density at radius 3 is 2.27 bits per heavy atom. The van der Waals surface area contributed by atoms with Gasteiger partial charge in [-0.15, -0.1) is 24.0 Å². The first kappa shape index (κ1) is 26.4. The summed E-state index contributed by atoms with van der Waals surface area (Å²) in [5, 5.41) is 5.90. The van der Waals surface area contributed by atoms with Crippen molar-refractivity contribution in [1.82, 2.24) is 15.5 Å². The molecular formula is C24H33IN6O2. The molecule has 0 unspecified atom stereocenters. The van der Waals surface area contributed by atoms with Crippen LogP contribution in [0.1, 0.15) is 27.0 Å². The van der Waals surface area contributed by atoms with Crippen LogP contribution in [-0.4, -0.2) is 62.4 Å². The molecule has 1 fully saturated rings. The average molecular weight is 564 g/mol. The van der Waals surface area contributed by atoms with Gasteiger partial charge < -0.3 is 26.2 Å². The number of guanidine groups is 1. The molecule has 0 aromatic heterocycles. The van der Waals surface area contributed by atoms with Crippen molar-refractivity contribution in [3.8, 4) is 0 Å². The molecule has 4 N–H and O–H groups in total. The summed E-state index contributed by atoms with van der Waals surface area (Å²) >= 11 is 0. The predicted molar refractivity (Wildman–Crippen MR) is 143 cm³/mol. The number of nitrogens with two attached hydrogens (primary N) is 1. The van der Waals surface area contributed by atoms with Crippen molar-refractivity contribution < 1.29 is 9.59 Å². The van der Waals surface area contributed by atoms with Crippen molar-refractivity contribution in [3.05, 3.63) is 64.7 Å². The third kappa shape index (κ3) is 7.08. The number of anilines is 1. The first-order valence-electron chi connectivity index (χ1n) is 10.8. The summed E-state index contributed by atoms with van der Waals surface area (Å²) in [5.74, 6) is -0.0184. The molecule has 178 valence electrons. The van der Waals surface area contributed by atoms with Crippen LogP contribution in [0, 0.1) is 13.8 Å². The summed E-state index contributed by atoms with van der Waals surface area (Å²) in [6.07, 6.45) is 0. The number of hydrogen-bond donors (Lipinski definition) is 3. The van der Waals surface area contributed by atoms with E-state index in [-0.39, 0.29) is 36.4 Å². The third-order valence-electron chi connectivity index (χ3n) is 5.80. The lowest BCUT2D eigenvalue weighted by atomic mass is 10.1. The number of rotatable bonds is 6. The van der Waals surface area contributed by atoms with Gasteiger partial charge in [-0.25, -0.2) is 0 Å². The minimum atomic E-state index is -0.569. The number of aryl methyl sites for hydroxylation is 1. The van der Waals surface area contributed by atoms with Crippen molar-refractivity contribution in [3.63, 3.8) is 0 Å². The smallest absolute Gasteiger partial charge is 0.251 e. The van der Waals surface area contributed by atoms with Gasteiger partial charge in [0.15, 0.2) is 5.96 Å². The monoisotopic (exact) mass is 564 g/mol. The standard InChI is InChI=1S/C24H32N6O2.HI/c1-17-5-4-6-21(18(17)2)29-11-13-30(14-12-29)24(26-3)28-15-19-7-9-20(10-8-19)23(32)27-16-22(25)31;/h4-10H,11-16H2,1-3H3,(H2,25,31)(H,26,28)(H,27,32);1H. The maximum absolute atomic E-state index is 12.0. The van der Waals surface area contributed by atoms with E-state index in [9.17, 15) is 9.59 Å². The molecule has 8 nitrogen and oxygen atoms in total. The molecule has 0 aliphatic carbocycles. The van der Waals surface area contributed by atoms with Gasteiger partial charge in [-0.3, -0.25) is 14.6 Å². The van der Waals surface area contributed by atoms with Crippen LogP contribution in [0.2, 0.25) is 0 Å². The van der Waals surface area contributed by atoms with E-state index in [4.69, 9.17) is 5.73 Å². The van der Waals surface area contributed by atoms with Crippen LogP contribution >= 0.6 is 24.0 Å². The lowest BCUT2D eigenvalue weighted by Crippen LogP contribution is -2.52. The number of carbonyl (C=O) groups excluding carboxylic acids is 2. The van der Waals surface area contributed by atoms with E-state index in [1.54, 1.807) is 19.2 Å². The van der Waals surface area contributed by atoms with E-state index in [1.165, 1.54) is 16.8 Å². The fraction of sp³-hybridized carbons (Fsp3) is 0.375. The lowest BCUT2D eigenvalue weighted by molar-refractivity contribution is -0.117. The van der Waals surface area contributed by atoms with Gasteiger partial charge in [0.1, 0.15) is 0 Å². The SMILES string of the molecule is CN=C(NCc1ccc(C(=O)NCC(N)=O)cc1)N1CCN(c2cccc(C)c2C)CC1.I. The second kappa shape index (κ2) is 12.4. The second-order valence-corrected chi connectivity index (χ2v) is 7.94. The van der Waals surface area contributed by atoms with Crippen molar-refractivity contribution in [2.45, 2.75) is 20.4 Å². The van der Waals surface area contributed by atoms with Crippen LogP contribution in [0.5, 0.6) is 0 Å². The summed E-state index contributed by atoms with van der Waals surface area (Å²) in [6.45, 7) is 8.45. The van der Waals surface area contributed by atoms with Crippen LogP contribution in [0.3, 0.4) is 0 Å². The number of nitrogens with one attached hydrogen (secondary N) is 2. The molecule has 1 aliphatic heterocycles. The zero-order chi connectivity index (χ0) is 23.1. The molecular weight excluding hydrogens is 531 g/mol. The van der Waals surface area contributed by atoms with E-state index >= 15 is 0 Å². The van der Waals surface area contributed by atoms with Crippen LogP contribution in [-0.2, 0) is 11.3 Å². The number of carbonyl (C=O) groups is 2. The molecule has 1 saturated heterocycles. The van der Waals surface area contributed by atoms with Crippen molar-refractivity contribution in [1.29, 1.82) is 0 Å². The molecule has 0 spiro atoms. The summed E-state index contributed by atoms with van der Waals surface area (Å²) < 4.78 is 0. The van der Waals surface area contributed by atoms with Crippen molar-refractivity contribution >= 4 is 47.4 Å². The maximum atomic E-state index is 12.0. The molecule has 0 radical (unpaired) electrons. The molecule has 9 heteroatoms. The van der Waals surface area contributed by atoms with Gasteiger partial charge in [-0.2, -0.15) is 0 Å². The Hall–Kier alpha value is -2.82. The highest BCUT2D eigenvalue weighted by molar-refractivity contribution is 14.0. The van der Waals surface area contributed by atoms with Gasteiger partial charge in [-0.1, -0.05) is 24.3 Å². The highest BCUT2D eigenvalue weighted by Crippen LogP contribution is 2.23. The summed E-state index contributed by atoms with van der Waals surface area (Å²) in [5.41, 5.74) is 10.6. The maximum Gasteiger partial charge on any atom is 0.251 e. The minimum absolute atomic E-state index is 0. The van der Waals surface area contributed by atoms with Crippen molar-refractivity contribution in [2.75, 3.05) is 44.7 Å². The normalized spacial score (nSPS) is 13.8. The Kier molecular flexibility index (Phi) is 9.95. The Balaban J connectivity index is 0.00000385. The highest BCUT2D eigenvalue weighted by atomic mass is 127. The summed E-state index contributed by atoms with van der Waals surface area (Å²) in [4.78, 5) is 31.9. The summed E-state index contributed by atoms with van der Waals surface area (Å²) in [6, 6.07) is 13.7. The molecule has 1 aliphatic rings. The van der Waals surface area contributed by atoms with E-state index < -0.39 is 5.91 Å². The van der Waals surface area contributed by atoms with E-state index in [2.05, 4.69) is 57.5 Å². The number of piperazine rings is 1. The Morgan fingerprint density at radius 2 is 1.67 bits per heavy atom. The fourth-order valence-corrected chi connectivity index (χ4v) is 3.79. The van der Waals surface area contributed by atoms with E-state index in [1.807, 2.05) is 12.1 Å². The van der Waals surface area contributed by atoms with E-state index in [0.29, 0.717) is 12.1 Å². The first-order chi connectivity index (χ1) is 15.4. The van der Waals surface area contributed by atoms with Crippen molar-refractivity contribution in [2.24, 2.45) is 10.7 Å². The largest absolute Gasteiger partial charge is 0.368 e. The molecule has 3 rings (SSSR count). The van der Waals surface area contributed by atoms with Gasteiger partial charge in [0.05, 0.1) is 6.54 Å². The summed E-state index contributed by atoms with van der Waals surface area (Å²) in [7, 11) is 1.80. The number of primary amides is 1.